The molecule has 1 saturated heterocycles. The molecule has 0 bridgehead atoms. The van der Waals surface area contributed by atoms with Gasteiger partial charge < -0.3 is 14.6 Å². The topological polar surface area (TPSA) is 58.2 Å². The van der Waals surface area contributed by atoms with Crippen molar-refractivity contribution >= 4 is 6.09 Å². The number of nitrogens with zero attached hydrogens (tertiary/aromatic N) is 2. The number of halogens is 1. The van der Waals surface area contributed by atoms with Gasteiger partial charge in [0.15, 0.2) is 0 Å². The van der Waals surface area contributed by atoms with Gasteiger partial charge in [0.25, 0.3) is 0 Å². The number of carbonyl (C=O) groups is 1. The van der Waals surface area contributed by atoms with Crippen LogP contribution in [0.3, 0.4) is 0 Å². The zero-order chi connectivity index (χ0) is 18.7. The van der Waals surface area contributed by atoms with Crippen molar-refractivity contribution in [1.29, 1.82) is 0 Å². The van der Waals surface area contributed by atoms with Crippen LogP contribution in [-0.4, -0.2) is 39.1 Å². The molecule has 0 spiro atoms. The highest BCUT2D eigenvalue weighted by atomic mass is 19.1. The number of carbonyl (C=O) groups excluding carboxylic acids is 1. The Hall–Kier alpha value is -2.37. The third-order valence-electron chi connectivity index (χ3n) is 4.47. The molecule has 1 atom stereocenters. The number of benzene rings is 1. The molecule has 1 fully saturated rings. The highest BCUT2D eigenvalue weighted by Gasteiger charge is 2.31. The lowest BCUT2D eigenvalue weighted by molar-refractivity contribution is 0.00976. The van der Waals surface area contributed by atoms with Gasteiger partial charge in [0.2, 0.25) is 0 Å². The summed E-state index contributed by atoms with van der Waals surface area (Å²) in [5.41, 5.74) is 1.23. The van der Waals surface area contributed by atoms with Crippen molar-refractivity contribution in [3.8, 4) is 11.3 Å². The van der Waals surface area contributed by atoms with Crippen molar-refractivity contribution in [3.63, 3.8) is 0 Å². The SMILES string of the molecule is CC(C)(C)OC(=O)N1CCCCC1Cc1ncc(-c2ccc(F)cc2)[nH]1. The first-order chi connectivity index (χ1) is 12.3. The lowest BCUT2D eigenvalue weighted by Gasteiger charge is -2.36. The Morgan fingerprint density at radius 1 is 1.31 bits per heavy atom. The molecule has 3 rings (SSSR count). The number of piperidine rings is 1. The Labute approximate surface area is 153 Å². The van der Waals surface area contributed by atoms with E-state index in [4.69, 9.17) is 4.74 Å². The summed E-state index contributed by atoms with van der Waals surface area (Å²) >= 11 is 0. The quantitative estimate of drug-likeness (QED) is 0.875. The maximum Gasteiger partial charge on any atom is 0.410 e. The lowest BCUT2D eigenvalue weighted by atomic mass is 9.99. The second kappa shape index (κ2) is 7.48. The summed E-state index contributed by atoms with van der Waals surface area (Å²) in [7, 11) is 0. The van der Waals surface area contributed by atoms with E-state index in [-0.39, 0.29) is 18.0 Å². The van der Waals surface area contributed by atoms with Crippen LogP contribution in [0.1, 0.15) is 45.9 Å². The predicted molar refractivity (Wildman–Crippen MR) is 98.3 cm³/mol. The summed E-state index contributed by atoms with van der Waals surface area (Å²) in [6.07, 6.45) is 5.17. The first kappa shape index (κ1) is 18.4. The zero-order valence-electron chi connectivity index (χ0n) is 15.6. The van der Waals surface area contributed by atoms with Crippen molar-refractivity contribution in [2.24, 2.45) is 0 Å². The molecule has 1 aromatic heterocycles. The number of rotatable bonds is 3. The Morgan fingerprint density at radius 2 is 2.04 bits per heavy atom. The van der Waals surface area contributed by atoms with E-state index in [0.29, 0.717) is 13.0 Å². The summed E-state index contributed by atoms with van der Waals surface area (Å²) in [5, 5.41) is 0. The molecule has 1 aliphatic heterocycles. The van der Waals surface area contributed by atoms with Crippen LogP contribution in [0, 0.1) is 5.82 Å². The molecule has 1 aliphatic rings. The van der Waals surface area contributed by atoms with Gasteiger partial charge in [0, 0.05) is 19.0 Å². The van der Waals surface area contributed by atoms with Crippen molar-refractivity contribution in [2.45, 2.75) is 58.1 Å². The molecule has 26 heavy (non-hydrogen) atoms. The number of hydrogen-bond donors (Lipinski definition) is 1. The molecule has 1 aromatic carbocycles. The average Bonchev–Trinajstić information content (AvgIpc) is 3.03. The second-order valence-electron chi connectivity index (χ2n) is 7.78. The van der Waals surface area contributed by atoms with E-state index in [1.807, 2.05) is 25.7 Å². The number of likely N-dealkylation sites (tertiary alicyclic amines) is 1. The highest BCUT2D eigenvalue weighted by molar-refractivity contribution is 5.68. The van der Waals surface area contributed by atoms with E-state index in [1.54, 1.807) is 18.3 Å². The molecule has 2 aromatic rings. The van der Waals surface area contributed by atoms with E-state index in [2.05, 4.69) is 9.97 Å². The second-order valence-corrected chi connectivity index (χ2v) is 7.78. The Morgan fingerprint density at radius 3 is 2.73 bits per heavy atom. The zero-order valence-corrected chi connectivity index (χ0v) is 15.6. The standard InChI is InChI=1S/C20H26FN3O2/c1-20(2,3)26-19(25)24-11-5-4-6-16(24)12-18-22-13-17(23-18)14-7-9-15(21)10-8-14/h7-10,13,16H,4-6,11-12H2,1-3H3,(H,22,23). The van der Waals surface area contributed by atoms with Crippen molar-refractivity contribution in [1.82, 2.24) is 14.9 Å². The Bertz CT molecular complexity index is 749. The van der Waals surface area contributed by atoms with Crippen molar-refractivity contribution < 1.29 is 13.9 Å². The van der Waals surface area contributed by atoms with Gasteiger partial charge in [-0.2, -0.15) is 0 Å². The molecule has 0 radical (unpaired) electrons. The predicted octanol–water partition coefficient (Wildman–Crippen LogP) is 4.55. The Kier molecular flexibility index (Phi) is 5.30. The van der Waals surface area contributed by atoms with Crippen LogP contribution >= 0.6 is 0 Å². The van der Waals surface area contributed by atoms with E-state index in [9.17, 15) is 9.18 Å². The van der Waals surface area contributed by atoms with E-state index < -0.39 is 5.60 Å². The normalized spacial score (nSPS) is 18.0. The van der Waals surface area contributed by atoms with Crippen molar-refractivity contribution in [3.05, 3.63) is 42.1 Å². The molecule has 1 amide bonds. The molecular weight excluding hydrogens is 333 g/mol. The summed E-state index contributed by atoms with van der Waals surface area (Å²) in [5.74, 6) is 0.563. The van der Waals surface area contributed by atoms with E-state index in [1.165, 1.54) is 12.1 Å². The summed E-state index contributed by atoms with van der Waals surface area (Å²) < 4.78 is 18.6. The maximum atomic E-state index is 13.1. The van der Waals surface area contributed by atoms with Gasteiger partial charge >= 0.3 is 6.09 Å². The first-order valence-corrected chi connectivity index (χ1v) is 9.11. The first-order valence-electron chi connectivity index (χ1n) is 9.11. The van der Waals surface area contributed by atoms with Gasteiger partial charge in [-0.3, -0.25) is 0 Å². The molecule has 2 heterocycles. The highest BCUT2D eigenvalue weighted by Crippen LogP contribution is 2.24. The maximum absolute atomic E-state index is 13.1. The molecule has 6 heteroatoms. The average molecular weight is 359 g/mol. The molecule has 0 saturated carbocycles. The minimum atomic E-state index is -0.500. The van der Waals surface area contributed by atoms with E-state index >= 15 is 0 Å². The number of amides is 1. The number of aromatic amines is 1. The number of hydrogen-bond acceptors (Lipinski definition) is 3. The van der Waals surface area contributed by atoms with Gasteiger partial charge in [-0.05, 0) is 69.9 Å². The van der Waals surface area contributed by atoms with E-state index in [0.717, 1.165) is 36.3 Å². The number of aromatic nitrogens is 2. The van der Waals surface area contributed by atoms with Gasteiger partial charge in [-0.15, -0.1) is 0 Å². The van der Waals surface area contributed by atoms with Crippen LogP contribution in [-0.2, 0) is 11.2 Å². The molecule has 1 N–H and O–H groups in total. The minimum Gasteiger partial charge on any atom is -0.444 e. The Balaban J connectivity index is 1.70. The van der Waals surface area contributed by atoms with Gasteiger partial charge in [0.1, 0.15) is 17.2 Å². The van der Waals surface area contributed by atoms with Gasteiger partial charge in [-0.1, -0.05) is 0 Å². The van der Waals surface area contributed by atoms with Crippen LogP contribution in [0.5, 0.6) is 0 Å². The van der Waals surface area contributed by atoms with Crippen LogP contribution in [0.4, 0.5) is 9.18 Å². The summed E-state index contributed by atoms with van der Waals surface area (Å²) in [6, 6.07) is 6.38. The van der Waals surface area contributed by atoms with Crippen LogP contribution in [0.2, 0.25) is 0 Å². The van der Waals surface area contributed by atoms with Gasteiger partial charge in [-0.25, -0.2) is 14.2 Å². The molecule has 1 unspecified atom stereocenters. The fourth-order valence-corrected chi connectivity index (χ4v) is 3.24. The molecule has 140 valence electrons. The molecular formula is C20H26FN3O2. The summed E-state index contributed by atoms with van der Waals surface area (Å²) in [6.45, 7) is 6.35. The fraction of sp³-hybridized carbons (Fsp3) is 0.500. The number of ether oxygens (including phenoxy) is 1. The fourth-order valence-electron chi connectivity index (χ4n) is 3.24. The summed E-state index contributed by atoms with van der Waals surface area (Å²) in [4.78, 5) is 22.1. The number of imidazole rings is 1. The van der Waals surface area contributed by atoms with Crippen LogP contribution < -0.4 is 0 Å². The van der Waals surface area contributed by atoms with Crippen LogP contribution in [0.25, 0.3) is 11.3 Å². The van der Waals surface area contributed by atoms with Crippen molar-refractivity contribution in [2.75, 3.05) is 6.54 Å². The third kappa shape index (κ3) is 4.62. The minimum absolute atomic E-state index is 0.0748. The van der Waals surface area contributed by atoms with Crippen LogP contribution in [0.15, 0.2) is 30.5 Å². The molecule has 0 aliphatic carbocycles. The third-order valence-corrected chi connectivity index (χ3v) is 4.47. The largest absolute Gasteiger partial charge is 0.444 e. The number of nitrogens with one attached hydrogen (secondary N) is 1. The lowest BCUT2D eigenvalue weighted by Crippen LogP contribution is -2.47. The number of H-pyrrole nitrogens is 1. The monoisotopic (exact) mass is 359 g/mol. The molecule has 5 nitrogen and oxygen atoms in total. The smallest absolute Gasteiger partial charge is 0.410 e. The van der Waals surface area contributed by atoms with Gasteiger partial charge in [0.05, 0.1) is 11.9 Å².